The van der Waals surface area contributed by atoms with E-state index in [1.807, 2.05) is 7.05 Å². The fraction of sp³-hybridized carbons (Fsp3) is 0.857. The van der Waals surface area contributed by atoms with Crippen LogP contribution in [-0.4, -0.2) is 31.6 Å². The summed E-state index contributed by atoms with van der Waals surface area (Å²) >= 11 is 0. The molecule has 10 heavy (non-hydrogen) atoms. The van der Waals surface area contributed by atoms with E-state index < -0.39 is 0 Å². The van der Waals surface area contributed by atoms with Crippen molar-refractivity contribution in [3.8, 4) is 6.07 Å². The maximum absolute atomic E-state index is 8.22. The minimum Gasteiger partial charge on any atom is -0.329 e. The van der Waals surface area contributed by atoms with Gasteiger partial charge in [-0.1, -0.05) is 0 Å². The Bertz CT molecular complexity index is 106. The first-order valence-electron chi connectivity index (χ1n) is 3.57. The summed E-state index contributed by atoms with van der Waals surface area (Å²) in [6, 6.07) is 2.11. The quantitative estimate of drug-likeness (QED) is 0.556. The van der Waals surface area contributed by atoms with Gasteiger partial charge in [0.05, 0.1) is 6.07 Å². The highest BCUT2D eigenvalue weighted by atomic mass is 15.1. The Balaban J connectivity index is 3.06. The fourth-order valence-electron chi connectivity index (χ4n) is 0.760. The summed E-state index contributed by atoms with van der Waals surface area (Å²) in [7, 11) is 2.02. The number of hydrogen-bond acceptors (Lipinski definition) is 3. The van der Waals surface area contributed by atoms with Gasteiger partial charge in [0.15, 0.2) is 0 Å². The van der Waals surface area contributed by atoms with E-state index in [2.05, 4.69) is 11.0 Å². The van der Waals surface area contributed by atoms with Crippen molar-refractivity contribution in [2.45, 2.75) is 12.8 Å². The van der Waals surface area contributed by atoms with Gasteiger partial charge in [0.25, 0.3) is 0 Å². The second-order valence-electron chi connectivity index (χ2n) is 2.35. The highest BCUT2D eigenvalue weighted by Crippen LogP contribution is 1.89. The zero-order valence-electron chi connectivity index (χ0n) is 6.51. The Labute approximate surface area is 62.4 Å². The Hall–Kier alpha value is -0.590. The van der Waals surface area contributed by atoms with Gasteiger partial charge >= 0.3 is 0 Å². The lowest BCUT2D eigenvalue weighted by Crippen LogP contribution is -2.26. The Kier molecular flexibility index (Phi) is 6.14. The van der Waals surface area contributed by atoms with Gasteiger partial charge in [-0.3, -0.25) is 0 Å². The third kappa shape index (κ3) is 5.54. The minimum atomic E-state index is 0.648. The van der Waals surface area contributed by atoms with Gasteiger partial charge < -0.3 is 10.6 Å². The molecule has 0 rings (SSSR count). The largest absolute Gasteiger partial charge is 0.329 e. The third-order valence-corrected chi connectivity index (χ3v) is 1.34. The molecule has 3 nitrogen and oxygen atoms in total. The molecule has 0 saturated carbocycles. The van der Waals surface area contributed by atoms with Gasteiger partial charge in [-0.25, -0.2) is 0 Å². The molecule has 0 atom stereocenters. The summed E-state index contributed by atoms with van der Waals surface area (Å²) in [4.78, 5) is 2.14. The van der Waals surface area contributed by atoms with Crippen LogP contribution in [0.4, 0.5) is 0 Å². The van der Waals surface area contributed by atoms with E-state index >= 15 is 0 Å². The van der Waals surface area contributed by atoms with Crippen LogP contribution in [-0.2, 0) is 0 Å². The lowest BCUT2D eigenvalue weighted by atomic mass is 10.3. The summed E-state index contributed by atoms with van der Waals surface area (Å²) in [5, 5.41) is 8.22. The van der Waals surface area contributed by atoms with Crippen molar-refractivity contribution >= 4 is 0 Å². The molecule has 0 fully saturated rings. The van der Waals surface area contributed by atoms with Crippen molar-refractivity contribution < 1.29 is 0 Å². The molecule has 0 aromatic heterocycles. The van der Waals surface area contributed by atoms with Crippen LogP contribution >= 0.6 is 0 Å². The Morgan fingerprint density at radius 3 is 2.70 bits per heavy atom. The van der Waals surface area contributed by atoms with E-state index in [-0.39, 0.29) is 0 Å². The highest BCUT2D eigenvalue weighted by Gasteiger charge is 1.93. The molecule has 0 saturated heterocycles. The van der Waals surface area contributed by atoms with E-state index in [4.69, 9.17) is 11.0 Å². The lowest BCUT2D eigenvalue weighted by molar-refractivity contribution is 0.340. The first-order chi connectivity index (χ1) is 4.81. The van der Waals surface area contributed by atoms with Gasteiger partial charge in [-0.2, -0.15) is 5.26 Å². The molecule has 0 heterocycles. The molecule has 0 amide bonds. The number of rotatable bonds is 5. The van der Waals surface area contributed by atoms with Gasteiger partial charge in [0, 0.05) is 19.5 Å². The molecule has 0 bridgehead atoms. The summed E-state index contributed by atoms with van der Waals surface area (Å²) in [6.07, 6.45) is 1.60. The van der Waals surface area contributed by atoms with E-state index in [1.54, 1.807) is 0 Å². The number of hydrogen-bond donors (Lipinski definition) is 1. The van der Waals surface area contributed by atoms with Crippen LogP contribution in [0.25, 0.3) is 0 Å². The number of likely N-dealkylation sites (N-methyl/N-ethyl adjacent to an activating group) is 1. The third-order valence-electron chi connectivity index (χ3n) is 1.34. The number of unbranched alkanes of at least 4 members (excludes halogenated alkanes) is 1. The van der Waals surface area contributed by atoms with Gasteiger partial charge in [-0.05, 0) is 20.0 Å². The van der Waals surface area contributed by atoms with E-state index in [0.717, 1.165) is 19.5 Å². The van der Waals surface area contributed by atoms with E-state index in [0.29, 0.717) is 13.0 Å². The molecule has 2 N–H and O–H groups in total. The molecule has 0 aliphatic carbocycles. The van der Waals surface area contributed by atoms with E-state index in [9.17, 15) is 0 Å². The average molecular weight is 141 g/mol. The van der Waals surface area contributed by atoms with Crippen LogP contribution in [0.15, 0.2) is 0 Å². The Morgan fingerprint density at radius 1 is 1.50 bits per heavy atom. The lowest BCUT2D eigenvalue weighted by Gasteiger charge is -2.13. The monoisotopic (exact) mass is 141 g/mol. The average Bonchev–Trinajstić information content (AvgIpc) is 1.89. The van der Waals surface area contributed by atoms with Crippen molar-refractivity contribution in [3.63, 3.8) is 0 Å². The minimum absolute atomic E-state index is 0.648. The molecule has 0 aromatic carbocycles. The normalized spacial score (nSPS) is 9.80. The summed E-state index contributed by atoms with van der Waals surface area (Å²) < 4.78 is 0. The molecule has 3 heteroatoms. The van der Waals surface area contributed by atoms with Crippen molar-refractivity contribution in [1.82, 2.24) is 4.90 Å². The molecule has 0 aliphatic heterocycles. The SMILES string of the molecule is CN(CCN)CCCC#N. The van der Waals surface area contributed by atoms with Crippen molar-refractivity contribution in [2.75, 3.05) is 26.7 Å². The number of nitrogens with zero attached hydrogens (tertiary/aromatic N) is 2. The van der Waals surface area contributed by atoms with E-state index in [1.165, 1.54) is 0 Å². The molecule has 58 valence electrons. The topological polar surface area (TPSA) is 53.0 Å². The van der Waals surface area contributed by atoms with Crippen molar-refractivity contribution in [3.05, 3.63) is 0 Å². The first-order valence-corrected chi connectivity index (χ1v) is 3.57. The predicted molar refractivity (Wildman–Crippen MR) is 41.4 cm³/mol. The van der Waals surface area contributed by atoms with Crippen LogP contribution in [0.3, 0.4) is 0 Å². The first kappa shape index (κ1) is 9.41. The van der Waals surface area contributed by atoms with Crippen LogP contribution in [0.2, 0.25) is 0 Å². The zero-order chi connectivity index (χ0) is 7.82. The molecular formula is C7H15N3. The molecule has 0 spiro atoms. The highest BCUT2D eigenvalue weighted by molar-refractivity contribution is 4.69. The Morgan fingerprint density at radius 2 is 2.20 bits per heavy atom. The summed E-state index contributed by atoms with van der Waals surface area (Å²) in [5.41, 5.74) is 5.33. The van der Waals surface area contributed by atoms with Gasteiger partial charge in [0.2, 0.25) is 0 Å². The van der Waals surface area contributed by atoms with Crippen LogP contribution in [0.1, 0.15) is 12.8 Å². The van der Waals surface area contributed by atoms with Crippen LogP contribution in [0, 0.1) is 11.3 Å². The maximum Gasteiger partial charge on any atom is 0.0622 e. The van der Waals surface area contributed by atoms with Crippen molar-refractivity contribution in [2.24, 2.45) is 5.73 Å². The second kappa shape index (κ2) is 6.53. The van der Waals surface area contributed by atoms with Crippen LogP contribution in [0.5, 0.6) is 0 Å². The smallest absolute Gasteiger partial charge is 0.0622 e. The molecule has 0 aromatic rings. The molecule has 0 radical (unpaired) electrons. The maximum atomic E-state index is 8.22. The number of nitriles is 1. The summed E-state index contributed by atoms with van der Waals surface area (Å²) in [6.45, 7) is 2.60. The number of nitrogens with two attached hydrogens (primary N) is 1. The fourth-order valence-corrected chi connectivity index (χ4v) is 0.760. The second-order valence-corrected chi connectivity index (χ2v) is 2.35. The van der Waals surface area contributed by atoms with Gasteiger partial charge in [-0.15, -0.1) is 0 Å². The van der Waals surface area contributed by atoms with Gasteiger partial charge in [0.1, 0.15) is 0 Å². The standard InChI is InChI=1S/C7H15N3/c1-10(7-5-9)6-3-2-4-8/h2-3,5-7,9H2,1H3. The molecule has 0 aliphatic rings. The van der Waals surface area contributed by atoms with Crippen molar-refractivity contribution in [1.29, 1.82) is 5.26 Å². The zero-order valence-corrected chi connectivity index (χ0v) is 6.51. The predicted octanol–water partition coefficient (Wildman–Crippen LogP) is 0.181. The summed E-state index contributed by atoms with van der Waals surface area (Å²) in [5.74, 6) is 0. The molecular weight excluding hydrogens is 126 g/mol. The molecule has 0 unspecified atom stereocenters. The van der Waals surface area contributed by atoms with Crippen LogP contribution < -0.4 is 5.73 Å².